The summed E-state index contributed by atoms with van der Waals surface area (Å²) in [4.78, 5) is 0. The van der Waals surface area contributed by atoms with Gasteiger partial charge in [0.2, 0.25) is 5.88 Å². The largest absolute Gasteiger partial charge is 0.451 e. The first-order valence-corrected chi connectivity index (χ1v) is 3.45. The van der Waals surface area contributed by atoms with Crippen molar-refractivity contribution in [2.24, 2.45) is 7.05 Å². The number of rotatable bonds is 4. The molecule has 4 nitrogen and oxygen atoms in total. The molecule has 61 valence electrons. The van der Waals surface area contributed by atoms with Crippen LogP contribution < -0.4 is 4.74 Å². The van der Waals surface area contributed by atoms with E-state index in [1.54, 1.807) is 17.8 Å². The first-order chi connectivity index (χ1) is 5.34. The first kappa shape index (κ1) is 8.07. The maximum Gasteiger partial charge on any atom is 0.214 e. The summed E-state index contributed by atoms with van der Waals surface area (Å²) in [6.07, 6.45) is 2.66. The molecule has 1 radical (unpaired) electrons. The Balaban J connectivity index is 2.32. The van der Waals surface area contributed by atoms with Gasteiger partial charge in [0.25, 0.3) is 0 Å². The monoisotopic (exact) mass is 155 g/mol. The second-order valence-electron chi connectivity index (χ2n) is 1.99. The molecule has 1 rings (SSSR count). The summed E-state index contributed by atoms with van der Waals surface area (Å²) in [6.45, 7) is 2.84. The summed E-state index contributed by atoms with van der Waals surface area (Å²) in [7, 11) is 1.79. The third kappa shape index (κ3) is 2.23. The van der Waals surface area contributed by atoms with Crippen molar-refractivity contribution in [1.29, 1.82) is 0 Å². The van der Waals surface area contributed by atoms with Gasteiger partial charge < -0.3 is 9.47 Å². The van der Waals surface area contributed by atoms with Crippen LogP contribution in [0.1, 0.15) is 6.92 Å². The van der Waals surface area contributed by atoms with Gasteiger partial charge >= 0.3 is 0 Å². The minimum absolute atomic E-state index is 0.268. The lowest BCUT2D eigenvalue weighted by Gasteiger charge is -2.04. The number of nitrogens with zero attached hydrogens (tertiary/aromatic N) is 2. The van der Waals surface area contributed by atoms with E-state index < -0.39 is 0 Å². The number of ether oxygens (including phenoxy) is 2. The van der Waals surface area contributed by atoms with Crippen LogP contribution in [0, 0.1) is 6.20 Å². The van der Waals surface area contributed by atoms with Gasteiger partial charge in [-0.05, 0) is 6.92 Å². The highest BCUT2D eigenvalue weighted by Crippen LogP contribution is 2.05. The molecule has 1 aromatic rings. The van der Waals surface area contributed by atoms with Crippen LogP contribution in [-0.2, 0) is 11.8 Å². The molecule has 4 heteroatoms. The zero-order chi connectivity index (χ0) is 8.10. The van der Waals surface area contributed by atoms with Gasteiger partial charge in [-0.15, -0.1) is 0 Å². The van der Waals surface area contributed by atoms with Gasteiger partial charge in [0.1, 0.15) is 6.20 Å². The summed E-state index contributed by atoms with van der Waals surface area (Å²) in [5.41, 5.74) is 0. The van der Waals surface area contributed by atoms with E-state index in [-0.39, 0.29) is 6.79 Å². The Morgan fingerprint density at radius 3 is 3.09 bits per heavy atom. The minimum Gasteiger partial charge on any atom is -0.451 e. The average molecular weight is 155 g/mol. The van der Waals surface area contributed by atoms with E-state index in [1.807, 2.05) is 6.92 Å². The van der Waals surface area contributed by atoms with Gasteiger partial charge in [-0.3, -0.25) is 0 Å². The van der Waals surface area contributed by atoms with E-state index in [4.69, 9.17) is 9.47 Å². The van der Waals surface area contributed by atoms with E-state index >= 15 is 0 Å². The third-order valence-electron chi connectivity index (χ3n) is 1.21. The second kappa shape index (κ2) is 3.98. The molecule has 0 saturated carbocycles. The van der Waals surface area contributed by atoms with Crippen molar-refractivity contribution in [3.8, 4) is 5.88 Å². The quantitative estimate of drug-likeness (QED) is 0.471. The van der Waals surface area contributed by atoms with Crippen LogP contribution in [-0.4, -0.2) is 23.2 Å². The summed E-state index contributed by atoms with van der Waals surface area (Å²) >= 11 is 0. The highest BCUT2D eigenvalue weighted by molar-refractivity contribution is 5.05. The molecule has 0 atom stereocenters. The molecule has 0 unspecified atom stereocenters. The van der Waals surface area contributed by atoms with Crippen molar-refractivity contribution < 1.29 is 9.47 Å². The molecule has 0 aromatic carbocycles. The Kier molecular flexibility index (Phi) is 2.92. The molecular formula is C7H11N2O2. The van der Waals surface area contributed by atoms with Crippen LogP contribution >= 0.6 is 0 Å². The minimum atomic E-state index is 0.268. The van der Waals surface area contributed by atoms with Gasteiger partial charge in [0.05, 0.1) is 0 Å². The number of aromatic nitrogens is 2. The molecular weight excluding hydrogens is 144 g/mol. The third-order valence-corrected chi connectivity index (χ3v) is 1.21. The molecule has 0 saturated heterocycles. The van der Waals surface area contributed by atoms with Gasteiger partial charge in [0.15, 0.2) is 6.79 Å². The molecule has 1 aromatic heterocycles. The molecule has 0 spiro atoms. The van der Waals surface area contributed by atoms with E-state index in [0.717, 1.165) is 0 Å². The molecule has 11 heavy (non-hydrogen) atoms. The highest BCUT2D eigenvalue weighted by atomic mass is 16.7. The summed E-state index contributed by atoms with van der Waals surface area (Å²) in [5, 5.41) is 3.81. The van der Waals surface area contributed by atoms with Gasteiger partial charge in [-0.1, -0.05) is 0 Å². The fourth-order valence-corrected chi connectivity index (χ4v) is 0.634. The Morgan fingerprint density at radius 2 is 2.55 bits per heavy atom. The zero-order valence-electron chi connectivity index (χ0n) is 6.70. The lowest BCUT2D eigenvalue weighted by molar-refractivity contribution is 0.0172. The molecule has 0 N–H and O–H groups in total. The summed E-state index contributed by atoms with van der Waals surface area (Å²) in [6, 6.07) is 1.67. The predicted molar refractivity (Wildman–Crippen MR) is 39.2 cm³/mol. The first-order valence-electron chi connectivity index (χ1n) is 3.45. The zero-order valence-corrected chi connectivity index (χ0v) is 6.70. The molecule has 0 aliphatic carbocycles. The lowest BCUT2D eigenvalue weighted by Crippen LogP contribution is -2.05. The second-order valence-corrected chi connectivity index (χ2v) is 1.99. The Hall–Kier alpha value is -1.03. The molecule has 0 fully saturated rings. The average Bonchev–Trinajstić information content (AvgIpc) is 2.37. The predicted octanol–water partition coefficient (Wildman–Crippen LogP) is 0.593. The highest BCUT2D eigenvalue weighted by Gasteiger charge is 1.96. The van der Waals surface area contributed by atoms with Crippen LogP contribution in [0.3, 0.4) is 0 Å². The summed E-state index contributed by atoms with van der Waals surface area (Å²) < 4.78 is 11.7. The lowest BCUT2D eigenvalue weighted by atomic mass is 10.7. The maximum absolute atomic E-state index is 5.16. The maximum atomic E-state index is 5.16. The van der Waals surface area contributed by atoms with Gasteiger partial charge in [-0.2, -0.15) is 5.10 Å². The van der Waals surface area contributed by atoms with Gasteiger partial charge in [0, 0.05) is 19.7 Å². The van der Waals surface area contributed by atoms with Crippen molar-refractivity contribution in [2.75, 3.05) is 13.4 Å². The van der Waals surface area contributed by atoms with Crippen molar-refractivity contribution in [3.63, 3.8) is 0 Å². The van der Waals surface area contributed by atoms with Crippen LogP contribution in [0.15, 0.2) is 6.07 Å². The fourth-order valence-electron chi connectivity index (χ4n) is 0.634. The number of aryl methyl sites for hydroxylation is 1. The van der Waals surface area contributed by atoms with Crippen molar-refractivity contribution >= 4 is 0 Å². The Labute approximate surface area is 65.7 Å². The smallest absolute Gasteiger partial charge is 0.214 e. The number of hydrogen-bond acceptors (Lipinski definition) is 3. The topological polar surface area (TPSA) is 36.3 Å². The molecule has 0 amide bonds. The van der Waals surface area contributed by atoms with E-state index in [0.29, 0.717) is 12.5 Å². The molecule has 0 aliphatic rings. The van der Waals surface area contributed by atoms with E-state index in [2.05, 4.69) is 11.3 Å². The molecule has 1 heterocycles. The van der Waals surface area contributed by atoms with E-state index in [1.165, 1.54) is 0 Å². The fraction of sp³-hybridized carbons (Fsp3) is 0.571. The van der Waals surface area contributed by atoms with Gasteiger partial charge in [-0.25, -0.2) is 4.68 Å². The van der Waals surface area contributed by atoms with Crippen LogP contribution in [0.25, 0.3) is 0 Å². The molecule has 0 bridgehead atoms. The van der Waals surface area contributed by atoms with Crippen LogP contribution in [0.2, 0.25) is 0 Å². The Morgan fingerprint density at radius 1 is 1.73 bits per heavy atom. The van der Waals surface area contributed by atoms with E-state index in [9.17, 15) is 0 Å². The van der Waals surface area contributed by atoms with Crippen molar-refractivity contribution in [2.45, 2.75) is 6.92 Å². The molecule has 0 aliphatic heterocycles. The van der Waals surface area contributed by atoms with Crippen molar-refractivity contribution in [3.05, 3.63) is 12.3 Å². The Bertz CT molecular complexity index is 210. The van der Waals surface area contributed by atoms with Crippen LogP contribution in [0.4, 0.5) is 0 Å². The summed E-state index contributed by atoms with van der Waals surface area (Å²) in [5.74, 6) is 0.665. The van der Waals surface area contributed by atoms with Crippen molar-refractivity contribution in [1.82, 2.24) is 9.78 Å². The standard InChI is InChI=1S/C7H11N2O2/c1-3-10-6-11-7-4-5-8-9(7)2/h4H,3,6H2,1-2H3. The SMILES string of the molecule is CCOCOc1c[c]nn1C. The number of hydrogen-bond donors (Lipinski definition) is 0. The van der Waals surface area contributed by atoms with Crippen LogP contribution in [0.5, 0.6) is 5.88 Å². The normalized spacial score (nSPS) is 10.0.